The summed E-state index contributed by atoms with van der Waals surface area (Å²) in [5.74, 6) is 1.11. The van der Waals surface area contributed by atoms with Crippen molar-refractivity contribution in [3.63, 3.8) is 0 Å². The van der Waals surface area contributed by atoms with E-state index in [1.54, 1.807) is 26.4 Å². The number of rotatable bonds is 12. The third kappa shape index (κ3) is 6.53. The minimum absolute atomic E-state index is 0.0300. The van der Waals surface area contributed by atoms with Gasteiger partial charge in [-0.25, -0.2) is 0 Å². The topological polar surface area (TPSA) is 94.4 Å². The van der Waals surface area contributed by atoms with E-state index in [0.717, 1.165) is 30.0 Å². The molecular formula is C25H33N3O6. The highest BCUT2D eigenvalue weighted by Crippen LogP contribution is 2.38. The van der Waals surface area contributed by atoms with E-state index in [9.17, 15) is 14.9 Å². The molecule has 1 fully saturated rings. The standard InChI is InChI=1S/C25H33N3O6/c1-32-13-12-27(25(29)18-33-2)16-20-15-26(14-19-8-10-21(11-9-19)28(30)31)17-23(20)22-6-4-5-7-24(22)34-3/h4-11,20,23H,12-18H2,1-3H3. The van der Waals surface area contributed by atoms with Gasteiger partial charge in [0.25, 0.3) is 5.69 Å². The maximum Gasteiger partial charge on any atom is 0.269 e. The summed E-state index contributed by atoms with van der Waals surface area (Å²) in [5, 5.41) is 11.0. The average molecular weight is 472 g/mol. The summed E-state index contributed by atoms with van der Waals surface area (Å²) < 4.78 is 16.0. The van der Waals surface area contributed by atoms with Crippen molar-refractivity contribution in [2.75, 3.05) is 60.7 Å². The van der Waals surface area contributed by atoms with Crippen LogP contribution in [-0.2, 0) is 20.8 Å². The Hall–Kier alpha value is -3.01. The second kappa shape index (κ2) is 12.5. The van der Waals surface area contributed by atoms with E-state index in [2.05, 4.69) is 11.0 Å². The van der Waals surface area contributed by atoms with Crippen molar-refractivity contribution in [2.45, 2.75) is 12.5 Å². The molecule has 0 bridgehead atoms. The fourth-order valence-corrected chi connectivity index (χ4v) is 4.60. The zero-order valence-electron chi connectivity index (χ0n) is 20.0. The number of amides is 1. The Morgan fingerprint density at radius 2 is 1.82 bits per heavy atom. The van der Waals surface area contributed by atoms with Gasteiger partial charge < -0.3 is 19.1 Å². The molecule has 1 amide bonds. The molecule has 0 aromatic heterocycles. The maximum atomic E-state index is 12.7. The maximum absolute atomic E-state index is 12.7. The number of hydrogen-bond acceptors (Lipinski definition) is 7. The van der Waals surface area contributed by atoms with Crippen molar-refractivity contribution in [2.24, 2.45) is 5.92 Å². The summed E-state index contributed by atoms with van der Waals surface area (Å²) in [6.07, 6.45) is 0. The normalized spacial score (nSPS) is 18.1. The first kappa shape index (κ1) is 25.6. The number of benzene rings is 2. The van der Waals surface area contributed by atoms with E-state index in [1.165, 1.54) is 19.2 Å². The highest BCUT2D eigenvalue weighted by molar-refractivity contribution is 5.77. The lowest BCUT2D eigenvalue weighted by Crippen LogP contribution is -2.41. The predicted molar refractivity (Wildman–Crippen MR) is 128 cm³/mol. The second-order valence-electron chi connectivity index (χ2n) is 8.49. The highest BCUT2D eigenvalue weighted by Gasteiger charge is 2.37. The zero-order valence-corrected chi connectivity index (χ0v) is 20.0. The Balaban J connectivity index is 1.82. The van der Waals surface area contributed by atoms with E-state index in [-0.39, 0.29) is 35.0 Å². The Morgan fingerprint density at radius 3 is 2.47 bits per heavy atom. The van der Waals surface area contributed by atoms with Crippen LogP contribution in [-0.4, -0.2) is 81.4 Å². The van der Waals surface area contributed by atoms with Crippen molar-refractivity contribution < 1.29 is 23.9 Å². The minimum atomic E-state index is -0.390. The molecule has 0 saturated carbocycles. The first-order valence-corrected chi connectivity index (χ1v) is 11.3. The first-order chi connectivity index (χ1) is 16.5. The van der Waals surface area contributed by atoms with Crippen LogP contribution in [0.1, 0.15) is 17.0 Å². The average Bonchev–Trinajstić information content (AvgIpc) is 3.23. The van der Waals surface area contributed by atoms with Gasteiger partial charge in [-0.05, 0) is 23.1 Å². The summed E-state index contributed by atoms with van der Waals surface area (Å²) in [5.41, 5.74) is 2.21. The number of methoxy groups -OCH3 is 3. The Labute approximate surface area is 200 Å². The van der Waals surface area contributed by atoms with Crippen LogP contribution in [0.4, 0.5) is 5.69 Å². The number of carbonyl (C=O) groups is 1. The largest absolute Gasteiger partial charge is 0.496 e. The van der Waals surface area contributed by atoms with Gasteiger partial charge in [-0.2, -0.15) is 0 Å². The third-order valence-corrected chi connectivity index (χ3v) is 6.25. The van der Waals surface area contributed by atoms with Crippen LogP contribution in [0.3, 0.4) is 0 Å². The molecule has 1 saturated heterocycles. The number of likely N-dealkylation sites (tertiary alicyclic amines) is 1. The number of non-ortho nitro benzene ring substituents is 1. The number of carbonyl (C=O) groups excluding carboxylic acids is 1. The smallest absolute Gasteiger partial charge is 0.269 e. The Morgan fingerprint density at radius 1 is 1.09 bits per heavy atom. The van der Waals surface area contributed by atoms with E-state index in [0.29, 0.717) is 26.2 Å². The van der Waals surface area contributed by atoms with Gasteiger partial charge in [0.1, 0.15) is 12.4 Å². The molecule has 0 N–H and O–H groups in total. The van der Waals surface area contributed by atoms with Crippen molar-refractivity contribution in [3.05, 3.63) is 69.8 Å². The van der Waals surface area contributed by atoms with Crippen molar-refractivity contribution in [3.8, 4) is 5.75 Å². The zero-order chi connectivity index (χ0) is 24.5. The van der Waals surface area contributed by atoms with Crippen LogP contribution in [0.15, 0.2) is 48.5 Å². The molecule has 1 heterocycles. The van der Waals surface area contributed by atoms with Crippen molar-refractivity contribution >= 4 is 11.6 Å². The van der Waals surface area contributed by atoms with Gasteiger partial charge in [-0.1, -0.05) is 30.3 Å². The molecule has 2 unspecified atom stereocenters. The van der Waals surface area contributed by atoms with Crippen LogP contribution in [0.5, 0.6) is 5.75 Å². The molecular weight excluding hydrogens is 438 g/mol. The van der Waals surface area contributed by atoms with E-state index in [4.69, 9.17) is 14.2 Å². The highest BCUT2D eigenvalue weighted by atomic mass is 16.6. The molecule has 1 aliphatic heterocycles. The monoisotopic (exact) mass is 471 g/mol. The quantitative estimate of drug-likeness (QED) is 0.347. The fraction of sp³-hybridized carbons (Fsp3) is 0.480. The molecule has 9 nitrogen and oxygen atoms in total. The molecule has 2 aromatic rings. The molecule has 9 heteroatoms. The third-order valence-electron chi connectivity index (χ3n) is 6.25. The second-order valence-corrected chi connectivity index (χ2v) is 8.49. The van der Waals surface area contributed by atoms with Gasteiger partial charge in [-0.15, -0.1) is 0 Å². The van der Waals surface area contributed by atoms with Crippen molar-refractivity contribution in [1.29, 1.82) is 0 Å². The lowest BCUT2D eigenvalue weighted by molar-refractivity contribution is -0.384. The molecule has 0 aliphatic carbocycles. The summed E-state index contributed by atoms with van der Waals surface area (Å²) in [7, 11) is 4.81. The number of ether oxygens (including phenoxy) is 3. The Kier molecular flexibility index (Phi) is 9.38. The molecule has 34 heavy (non-hydrogen) atoms. The van der Waals surface area contributed by atoms with Gasteiger partial charge in [-0.3, -0.25) is 19.8 Å². The van der Waals surface area contributed by atoms with E-state index >= 15 is 0 Å². The van der Waals surface area contributed by atoms with Crippen LogP contribution in [0.25, 0.3) is 0 Å². The fourth-order valence-electron chi connectivity index (χ4n) is 4.60. The van der Waals surface area contributed by atoms with E-state index in [1.807, 2.05) is 23.1 Å². The van der Waals surface area contributed by atoms with Crippen molar-refractivity contribution in [1.82, 2.24) is 9.80 Å². The number of nitro groups is 1. The number of para-hydroxylation sites is 1. The number of nitrogens with zero attached hydrogens (tertiary/aromatic N) is 3. The van der Waals surface area contributed by atoms with Crippen LogP contribution >= 0.6 is 0 Å². The summed E-state index contributed by atoms with van der Waals surface area (Å²) in [4.78, 5) is 27.4. The molecule has 184 valence electrons. The molecule has 1 aliphatic rings. The number of hydrogen-bond donors (Lipinski definition) is 0. The predicted octanol–water partition coefficient (Wildman–Crippen LogP) is 2.94. The molecule has 2 atom stereocenters. The first-order valence-electron chi connectivity index (χ1n) is 11.3. The van der Waals surface area contributed by atoms with Gasteiger partial charge in [0, 0.05) is 65.0 Å². The van der Waals surface area contributed by atoms with Crippen LogP contribution in [0, 0.1) is 16.0 Å². The Bertz CT molecular complexity index is 952. The van der Waals surface area contributed by atoms with Gasteiger partial charge in [0.2, 0.25) is 5.91 Å². The van der Waals surface area contributed by atoms with Gasteiger partial charge in [0.05, 0.1) is 18.6 Å². The van der Waals surface area contributed by atoms with Crippen LogP contribution < -0.4 is 4.74 Å². The summed E-state index contributed by atoms with van der Waals surface area (Å²) in [6, 6.07) is 14.7. The minimum Gasteiger partial charge on any atom is -0.496 e. The lowest BCUT2D eigenvalue weighted by atomic mass is 9.88. The molecule has 3 rings (SSSR count). The summed E-state index contributed by atoms with van der Waals surface area (Å²) in [6.45, 7) is 3.80. The summed E-state index contributed by atoms with van der Waals surface area (Å²) >= 11 is 0. The number of nitro benzene ring substituents is 1. The SMILES string of the molecule is COCCN(CC1CN(Cc2ccc([N+](=O)[O-])cc2)CC1c1ccccc1OC)C(=O)COC. The van der Waals surface area contributed by atoms with Crippen LogP contribution in [0.2, 0.25) is 0 Å². The van der Waals surface area contributed by atoms with Gasteiger partial charge >= 0.3 is 0 Å². The molecule has 0 spiro atoms. The van der Waals surface area contributed by atoms with Gasteiger partial charge in [0.15, 0.2) is 0 Å². The van der Waals surface area contributed by atoms with E-state index < -0.39 is 0 Å². The lowest BCUT2D eigenvalue weighted by Gasteiger charge is -2.29. The molecule has 0 radical (unpaired) electrons. The molecule has 2 aromatic carbocycles.